The maximum atomic E-state index is 4.81. The van der Waals surface area contributed by atoms with Crippen LogP contribution in [0.3, 0.4) is 0 Å². The zero-order valence-corrected chi connectivity index (χ0v) is 7.70. The first-order chi connectivity index (χ1) is 1.73. The van der Waals surface area contributed by atoms with Crippen molar-refractivity contribution in [2.75, 3.05) is 0 Å². The van der Waals surface area contributed by atoms with Crippen molar-refractivity contribution in [1.29, 1.82) is 0 Å². The van der Waals surface area contributed by atoms with Gasteiger partial charge in [-0.2, -0.15) is 0 Å². The Labute approximate surface area is 80.6 Å². The van der Waals surface area contributed by atoms with Gasteiger partial charge in [0.1, 0.15) is 0 Å². The van der Waals surface area contributed by atoms with Gasteiger partial charge in [0.25, 0.3) is 0 Å². The average molecular weight is 246 g/mol. The van der Waals surface area contributed by atoms with Crippen molar-refractivity contribution in [3.8, 4) is 0 Å². The van der Waals surface area contributed by atoms with Crippen LogP contribution >= 0.6 is 34.8 Å². The summed E-state index contributed by atoms with van der Waals surface area (Å²) < 4.78 is -0.750. The summed E-state index contributed by atoms with van der Waals surface area (Å²) in [5.41, 5.74) is 0. The third-order valence-electron chi connectivity index (χ3n) is 0. The molecular weight excluding hydrogens is 245 g/mol. The van der Waals surface area contributed by atoms with Gasteiger partial charge in [-0.1, -0.05) is 34.8 Å². The molecule has 0 aromatic carbocycles. The van der Waals surface area contributed by atoms with E-state index in [9.17, 15) is 0 Å². The Kier molecular flexibility index (Phi) is 51.7. The fourth-order valence-corrected chi connectivity index (χ4v) is 0. The van der Waals surface area contributed by atoms with Gasteiger partial charge in [0.15, 0.2) is 4.30 Å². The zero-order valence-electron chi connectivity index (χ0n) is 2.82. The third-order valence-corrected chi connectivity index (χ3v) is 0. The SMILES string of the molecule is ClC(Cl)Cl.[Cl-].[Cl-].[Fe+2]. The van der Waals surface area contributed by atoms with Crippen molar-refractivity contribution in [2.24, 2.45) is 0 Å². The predicted octanol–water partition coefficient (Wildman–Crippen LogP) is -4.01. The summed E-state index contributed by atoms with van der Waals surface area (Å²) in [6, 6.07) is 0. The number of rotatable bonds is 0. The van der Waals surface area contributed by atoms with Gasteiger partial charge in [-0.05, 0) is 0 Å². The van der Waals surface area contributed by atoms with E-state index in [1.165, 1.54) is 0 Å². The van der Waals surface area contributed by atoms with E-state index >= 15 is 0 Å². The Morgan fingerprint density at radius 2 is 0.857 bits per heavy atom. The molecule has 0 spiro atoms. The predicted molar refractivity (Wildman–Crippen MR) is 21.3 cm³/mol. The molecule has 48 valence electrons. The molecular formula is CHCl5Fe. The minimum atomic E-state index is -0.750. The van der Waals surface area contributed by atoms with Crippen LogP contribution in [0.4, 0.5) is 0 Å². The minimum absolute atomic E-state index is 0. The number of hydrogen-bond donors (Lipinski definition) is 0. The van der Waals surface area contributed by atoms with E-state index in [1.54, 1.807) is 0 Å². The van der Waals surface area contributed by atoms with Crippen molar-refractivity contribution in [1.82, 2.24) is 0 Å². The van der Waals surface area contributed by atoms with Gasteiger partial charge in [-0.25, -0.2) is 0 Å². The Morgan fingerprint density at radius 3 is 0.857 bits per heavy atom. The van der Waals surface area contributed by atoms with E-state index in [-0.39, 0.29) is 41.9 Å². The molecule has 0 N–H and O–H groups in total. The van der Waals surface area contributed by atoms with E-state index in [0.717, 1.165) is 0 Å². The molecule has 6 heteroatoms. The van der Waals surface area contributed by atoms with Gasteiger partial charge in [-0.3, -0.25) is 0 Å². The Hall–Kier alpha value is 1.97. The second-order valence-electron chi connectivity index (χ2n) is 0.247. The van der Waals surface area contributed by atoms with Crippen molar-refractivity contribution >= 4 is 34.8 Å². The number of alkyl halides is 3. The monoisotopic (exact) mass is 244 g/mol. The summed E-state index contributed by atoms with van der Waals surface area (Å²) in [5.74, 6) is 0. The van der Waals surface area contributed by atoms with Crippen molar-refractivity contribution in [2.45, 2.75) is 4.30 Å². The van der Waals surface area contributed by atoms with Gasteiger partial charge in [0, 0.05) is 0 Å². The summed E-state index contributed by atoms with van der Waals surface area (Å²) in [6.07, 6.45) is 0. The molecule has 0 aliphatic heterocycles. The van der Waals surface area contributed by atoms with Crippen LogP contribution in [0.25, 0.3) is 0 Å². The van der Waals surface area contributed by atoms with Gasteiger partial charge >= 0.3 is 17.1 Å². The normalized spacial score (nSPS) is 5.14. The van der Waals surface area contributed by atoms with Gasteiger partial charge in [0.05, 0.1) is 0 Å². The fourth-order valence-electron chi connectivity index (χ4n) is 0. The molecule has 0 heterocycles. The quantitative estimate of drug-likeness (QED) is 0.302. The van der Waals surface area contributed by atoms with E-state index in [1.807, 2.05) is 0 Å². The van der Waals surface area contributed by atoms with E-state index in [4.69, 9.17) is 34.8 Å². The average Bonchev–Trinajstić information content (AvgIpc) is 0.811. The van der Waals surface area contributed by atoms with Crippen molar-refractivity contribution in [3.05, 3.63) is 0 Å². The molecule has 0 aromatic rings. The summed E-state index contributed by atoms with van der Waals surface area (Å²) in [6.45, 7) is 0. The first kappa shape index (κ1) is 23.1. The molecule has 7 heavy (non-hydrogen) atoms. The minimum Gasteiger partial charge on any atom is -1.00 e. The first-order valence-electron chi connectivity index (χ1n) is 0.655. The molecule has 0 nitrogen and oxygen atoms in total. The van der Waals surface area contributed by atoms with Crippen LogP contribution in [0, 0.1) is 0 Å². The van der Waals surface area contributed by atoms with Crippen molar-refractivity contribution < 1.29 is 41.9 Å². The second-order valence-corrected chi connectivity index (χ2v) is 2.23. The summed E-state index contributed by atoms with van der Waals surface area (Å²) in [7, 11) is 0. The van der Waals surface area contributed by atoms with Gasteiger partial charge in [0.2, 0.25) is 0 Å². The topological polar surface area (TPSA) is 0 Å². The van der Waals surface area contributed by atoms with Crippen LogP contribution in [0.1, 0.15) is 0 Å². The first-order valence-corrected chi connectivity index (χ1v) is 1.96. The number of halogens is 5. The number of hydrogen-bond acceptors (Lipinski definition) is 0. The molecule has 0 atom stereocenters. The molecule has 0 radical (unpaired) electrons. The van der Waals surface area contributed by atoms with Crippen LogP contribution in [-0.4, -0.2) is 4.30 Å². The van der Waals surface area contributed by atoms with E-state index in [0.29, 0.717) is 0 Å². The Morgan fingerprint density at radius 1 is 0.857 bits per heavy atom. The van der Waals surface area contributed by atoms with Crippen LogP contribution < -0.4 is 24.8 Å². The Bertz CT molecular complexity index is 12.8. The largest absolute Gasteiger partial charge is 2.00 e. The van der Waals surface area contributed by atoms with Crippen LogP contribution in [0.15, 0.2) is 0 Å². The standard InChI is InChI=1S/CHCl3.2ClH.Fe/c2-1(3)4;;;/h1H;2*1H;/q;;;+2/p-2. The zero-order chi connectivity index (χ0) is 3.58. The third kappa shape index (κ3) is 73.2. The smallest absolute Gasteiger partial charge is 1.00 e. The molecule has 0 aliphatic carbocycles. The van der Waals surface area contributed by atoms with E-state index in [2.05, 4.69) is 0 Å². The molecule has 0 saturated heterocycles. The fraction of sp³-hybridized carbons (Fsp3) is 1.00. The van der Waals surface area contributed by atoms with E-state index < -0.39 is 4.30 Å². The van der Waals surface area contributed by atoms with Crippen LogP contribution in [-0.2, 0) is 17.1 Å². The maximum absolute atomic E-state index is 4.81. The van der Waals surface area contributed by atoms with Gasteiger partial charge < -0.3 is 24.8 Å². The molecule has 0 unspecified atom stereocenters. The summed E-state index contributed by atoms with van der Waals surface area (Å²) in [5, 5.41) is 0. The summed E-state index contributed by atoms with van der Waals surface area (Å²) in [4.78, 5) is 0. The molecule has 0 rings (SSSR count). The molecule has 0 bridgehead atoms. The molecule has 0 aliphatic rings. The van der Waals surface area contributed by atoms with Crippen LogP contribution in [0.5, 0.6) is 0 Å². The van der Waals surface area contributed by atoms with Crippen LogP contribution in [0.2, 0.25) is 0 Å². The summed E-state index contributed by atoms with van der Waals surface area (Å²) >= 11 is 14.4. The second kappa shape index (κ2) is 15.7. The molecule has 0 fully saturated rings. The van der Waals surface area contributed by atoms with Crippen molar-refractivity contribution in [3.63, 3.8) is 0 Å². The maximum Gasteiger partial charge on any atom is 2.00 e. The Balaban J connectivity index is -0.0000000150. The molecule has 0 aromatic heterocycles. The molecule has 0 amide bonds. The molecule has 0 saturated carbocycles. The van der Waals surface area contributed by atoms with Gasteiger partial charge in [-0.15, -0.1) is 0 Å².